The molecule has 1 aliphatic rings. The van der Waals surface area contributed by atoms with Crippen LogP contribution < -0.4 is 5.32 Å². The minimum atomic E-state index is 0.384. The Morgan fingerprint density at radius 1 is 1.50 bits per heavy atom. The van der Waals surface area contributed by atoms with E-state index >= 15 is 0 Å². The first-order valence-corrected chi connectivity index (χ1v) is 7.59. The molecular weight excluding hydrogens is 254 g/mol. The van der Waals surface area contributed by atoms with Gasteiger partial charge in [-0.15, -0.1) is 0 Å². The fourth-order valence-electron chi connectivity index (χ4n) is 2.47. The molecular formula is C15H27N3O2. The van der Waals surface area contributed by atoms with Gasteiger partial charge in [0.1, 0.15) is 0 Å². The number of rotatable bonds is 8. The average Bonchev–Trinajstić information content (AvgIpc) is 3.01. The van der Waals surface area contributed by atoms with E-state index in [1.807, 2.05) is 6.07 Å². The molecule has 0 radical (unpaired) electrons. The van der Waals surface area contributed by atoms with Crippen LogP contribution in [0.2, 0.25) is 0 Å². The summed E-state index contributed by atoms with van der Waals surface area (Å²) in [5, 5.41) is 7.47. The predicted octanol–water partition coefficient (Wildman–Crippen LogP) is 2.03. The molecule has 1 fully saturated rings. The summed E-state index contributed by atoms with van der Waals surface area (Å²) >= 11 is 0. The van der Waals surface area contributed by atoms with Crippen molar-refractivity contribution in [1.82, 2.24) is 15.4 Å². The number of likely N-dealkylation sites (N-methyl/N-ethyl adjacent to an activating group) is 1. The van der Waals surface area contributed by atoms with Crippen molar-refractivity contribution >= 4 is 0 Å². The smallest absolute Gasteiger partial charge is 0.151 e. The molecule has 0 spiro atoms. The van der Waals surface area contributed by atoms with Crippen molar-refractivity contribution in [2.75, 3.05) is 26.7 Å². The molecule has 5 nitrogen and oxygen atoms in total. The molecule has 0 aromatic carbocycles. The van der Waals surface area contributed by atoms with Crippen molar-refractivity contribution < 1.29 is 9.26 Å². The highest BCUT2D eigenvalue weighted by Crippen LogP contribution is 2.14. The van der Waals surface area contributed by atoms with Gasteiger partial charge in [-0.3, -0.25) is 4.90 Å². The van der Waals surface area contributed by atoms with Gasteiger partial charge in [0, 0.05) is 25.8 Å². The van der Waals surface area contributed by atoms with Gasteiger partial charge in [0.15, 0.2) is 5.76 Å². The van der Waals surface area contributed by atoms with Crippen molar-refractivity contribution in [1.29, 1.82) is 0 Å². The van der Waals surface area contributed by atoms with Crippen LogP contribution in [0.4, 0.5) is 0 Å². The van der Waals surface area contributed by atoms with Gasteiger partial charge in [0.2, 0.25) is 0 Å². The number of nitrogens with one attached hydrogen (secondary N) is 1. The van der Waals surface area contributed by atoms with Gasteiger partial charge in [-0.1, -0.05) is 19.0 Å². The molecule has 5 heteroatoms. The summed E-state index contributed by atoms with van der Waals surface area (Å²) in [6.45, 7) is 8.83. The fraction of sp³-hybridized carbons (Fsp3) is 0.800. The zero-order valence-corrected chi connectivity index (χ0v) is 12.9. The molecule has 0 saturated carbocycles. The van der Waals surface area contributed by atoms with E-state index in [2.05, 4.69) is 36.3 Å². The molecule has 1 unspecified atom stereocenters. The van der Waals surface area contributed by atoms with E-state index in [-0.39, 0.29) is 0 Å². The van der Waals surface area contributed by atoms with E-state index in [1.54, 1.807) is 0 Å². The molecule has 1 aromatic rings. The molecule has 20 heavy (non-hydrogen) atoms. The Morgan fingerprint density at radius 2 is 2.35 bits per heavy atom. The highest BCUT2D eigenvalue weighted by molar-refractivity contribution is 5.05. The Balaban J connectivity index is 1.71. The van der Waals surface area contributed by atoms with Gasteiger partial charge in [0.05, 0.1) is 18.3 Å². The van der Waals surface area contributed by atoms with E-state index in [4.69, 9.17) is 9.26 Å². The van der Waals surface area contributed by atoms with Gasteiger partial charge in [-0.2, -0.15) is 0 Å². The molecule has 1 aliphatic heterocycles. The van der Waals surface area contributed by atoms with Crippen LogP contribution in [0.3, 0.4) is 0 Å². The molecule has 1 saturated heterocycles. The number of nitrogens with zero attached hydrogens (tertiary/aromatic N) is 2. The van der Waals surface area contributed by atoms with Crippen molar-refractivity contribution in [3.63, 3.8) is 0 Å². The van der Waals surface area contributed by atoms with E-state index < -0.39 is 0 Å². The zero-order chi connectivity index (χ0) is 14.4. The molecule has 1 atom stereocenters. The largest absolute Gasteiger partial charge is 0.377 e. The van der Waals surface area contributed by atoms with Crippen LogP contribution in [0, 0.1) is 5.92 Å². The van der Waals surface area contributed by atoms with E-state index in [0.717, 1.165) is 44.2 Å². The molecule has 114 valence electrons. The van der Waals surface area contributed by atoms with E-state index in [9.17, 15) is 0 Å². The number of hydrogen-bond acceptors (Lipinski definition) is 5. The topological polar surface area (TPSA) is 50.5 Å². The lowest BCUT2D eigenvalue weighted by molar-refractivity contribution is 0.0768. The Bertz CT molecular complexity index is 386. The van der Waals surface area contributed by atoms with E-state index in [1.165, 1.54) is 12.8 Å². The fourth-order valence-corrected chi connectivity index (χ4v) is 2.47. The van der Waals surface area contributed by atoms with Gasteiger partial charge >= 0.3 is 0 Å². The summed E-state index contributed by atoms with van der Waals surface area (Å²) in [5.41, 5.74) is 0.978. The van der Waals surface area contributed by atoms with Crippen molar-refractivity contribution in [2.24, 2.45) is 5.92 Å². The van der Waals surface area contributed by atoms with Crippen molar-refractivity contribution in [3.8, 4) is 0 Å². The maximum Gasteiger partial charge on any atom is 0.151 e. The maximum absolute atomic E-state index is 5.64. The van der Waals surface area contributed by atoms with Crippen LogP contribution in [-0.4, -0.2) is 42.9 Å². The van der Waals surface area contributed by atoms with Crippen molar-refractivity contribution in [2.45, 2.75) is 45.9 Å². The van der Waals surface area contributed by atoms with Gasteiger partial charge in [0.25, 0.3) is 0 Å². The SMILES string of the molecule is CC(C)CNCc1cc(CN(C)CC2CCCO2)on1. The first kappa shape index (κ1) is 15.5. The van der Waals surface area contributed by atoms with Gasteiger partial charge in [-0.05, 0) is 32.4 Å². The van der Waals surface area contributed by atoms with Crippen molar-refractivity contribution in [3.05, 3.63) is 17.5 Å². The highest BCUT2D eigenvalue weighted by atomic mass is 16.5. The maximum atomic E-state index is 5.64. The van der Waals surface area contributed by atoms with Gasteiger partial charge < -0.3 is 14.6 Å². The number of hydrogen-bond donors (Lipinski definition) is 1. The van der Waals surface area contributed by atoms with Crippen LogP contribution in [0.1, 0.15) is 38.1 Å². The molecule has 0 amide bonds. The van der Waals surface area contributed by atoms with Crippen LogP contribution in [0.5, 0.6) is 0 Å². The second kappa shape index (κ2) is 7.76. The summed E-state index contributed by atoms with van der Waals surface area (Å²) in [6.07, 6.45) is 2.74. The van der Waals surface area contributed by atoms with Crippen LogP contribution in [0.15, 0.2) is 10.6 Å². The van der Waals surface area contributed by atoms with E-state index in [0.29, 0.717) is 12.0 Å². The predicted molar refractivity (Wildman–Crippen MR) is 78.4 cm³/mol. The Kier molecular flexibility index (Phi) is 6.01. The Hall–Kier alpha value is -0.910. The summed E-state index contributed by atoms with van der Waals surface area (Å²) in [4.78, 5) is 2.24. The van der Waals surface area contributed by atoms with Gasteiger partial charge in [-0.25, -0.2) is 0 Å². The first-order valence-electron chi connectivity index (χ1n) is 7.59. The lowest BCUT2D eigenvalue weighted by Crippen LogP contribution is -2.28. The molecule has 0 aliphatic carbocycles. The number of aromatic nitrogens is 1. The minimum absolute atomic E-state index is 0.384. The molecule has 1 aromatic heterocycles. The summed E-state index contributed by atoms with van der Waals surface area (Å²) < 4.78 is 11.0. The van der Waals surface area contributed by atoms with Crippen LogP contribution in [0.25, 0.3) is 0 Å². The highest BCUT2D eigenvalue weighted by Gasteiger charge is 2.18. The quantitative estimate of drug-likeness (QED) is 0.790. The zero-order valence-electron chi connectivity index (χ0n) is 12.9. The first-order chi connectivity index (χ1) is 9.63. The molecule has 2 heterocycles. The monoisotopic (exact) mass is 281 g/mol. The molecule has 0 bridgehead atoms. The molecule has 1 N–H and O–H groups in total. The lowest BCUT2D eigenvalue weighted by atomic mass is 10.2. The van der Waals surface area contributed by atoms with Crippen LogP contribution >= 0.6 is 0 Å². The summed E-state index contributed by atoms with van der Waals surface area (Å²) in [5.74, 6) is 1.57. The second-order valence-electron chi connectivity index (χ2n) is 6.14. The Morgan fingerprint density at radius 3 is 3.05 bits per heavy atom. The third kappa shape index (κ3) is 5.23. The Labute approximate surface area is 121 Å². The number of ether oxygens (including phenoxy) is 1. The summed E-state index contributed by atoms with van der Waals surface area (Å²) in [7, 11) is 2.10. The summed E-state index contributed by atoms with van der Waals surface area (Å²) in [6, 6.07) is 2.04. The lowest BCUT2D eigenvalue weighted by Gasteiger charge is -2.18. The second-order valence-corrected chi connectivity index (χ2v) is 6.14. The normalized spacial score (nSPS) is 19.4. The minimum Gasteiger partial charge on any atom is -0.377 e. The average molecular weight is 281 g/mol. The standard InChI is InChI=1S/C15H27N3O2/c1-12(2)8-16-9-13-7-15(20-17-13)11-18(3)10-14-5-4-6-19-14/h7,12,14,16H,4-6,8-11H2,1-3H3. The third-order valence-electron chi connectivity index (χ3n) is 3.43. The third-order valence-corrected chi connectivity index (χ3v) is 3.43. The van der Waals surface area contributed by atoms with Crippen LogP contribution in [-0.2, 0) is 17.8 Å². The molecule has 2 rings (SSSR count).